The lowest BCUT2D eigenvalue weighted by atomic mass is 9.44. The summed E-state index contributed by atoms with van der Waals surface area (Å²) in [6.07, 6.45) is 13.5. The number of carboxylic acid groups (broad SMARTS) is 1. The molecule has 354 valence electrons. The highest BCUT2D eigenvalue weighted by molar-refractivity contribution is 5.84. The largest absolute Gasteiger partial charge is 0.481 e. The van der Waals surface area contributed by atoms with Crippen LogP contribution in [0.15, 0.2) is 0 Å². The molecule has 12 bridgehead atoms. The number of carboxylic acids is 1. The van der Waals surface area contributed by atoms with Crippen molar-refractivity contribution in [3.63, 3.8) is 0 Å². The molecular weight excluding hydrogens is 817 g/mol. The van der Waals surface area contributed by atoms with Gasteiger partial charge < -0.3 is 33.5 Å². The van der Waals surface area contributed by atoms with Gasteiger partial charge in [-0.15, -0.1) is 0 Å². The van der Waals surface area contributed by atoms with Crippen LogP contribution in [0, 0.1) is 73.9 Å². The number of rotatable bonds is 15. The summed E-state index contributed by atoms with van der Waals surface area (Å²) in [4.78, 5) is 71.5. The fraction of sp³-hybridized carbons (Fsp3) is 0.904. The third kappa shape index (κ3) is 6.78. The first-order chi connectivity index (χ1) is 30.0. The Morgan fingerprint density at radius 3 is 1.77 bits per heavy atom. The maximum Gasteiger partial charge on any atom is 0.312 e. The molecule has 14 fully saturated rings. The number of hydrogen-bond donors (Lipinski definition) is 1. The van der Waals surface area contributed by atoms with Crippen molar-refractivity contribution in [1.29, 1.82) is 0 Å². The predicted molar refractivity (Wildman–Crippen MR) is 230 cm³/mol. The first kappa shape index (κ1) is 43.8. The van der Waals surface area contributed by atoms with Gasteiger partial charge in [0.05, 0.1) is 59.1 Å². The van der Waals surface area contributed by atoms with Crippen LogP contribution in [0.1, 0.15) is 170 Å². The SMILES string of the molecule is CCC(C)(CC(C)(CC(C)(C)C(=O)OC12CC3CC(C1)CC(C(=O)O)(C3)C2)C(=O)OC12CC3CC(C1)C1COC(=O)C1(C3)C2)C(=O)OC12CC3CC(CC(OCC4(C)COC4)(C3)C1)C2. The third-order valence-corrected chi connectivity index (χ3v) is 20.2. The van der Waals surface area contributed by atoms with Crippen LogP contribution in [-0.2, 0) is 52.4 Å². The molecule has 0 aromatic heterocycles. The summed E-state index contributed by atoms with van der Waals surface area (Å²) in [7, 11) is 0. The highest BCUT2D eigenvalue weighted by Crippen LogP contribution is 2.69. The molecule has 1 N–H and O–H groups in total. The molecule has 0 amide bonds. The monoisotopic (exact) mass is 891 g/mol. The van der Waals surface area contributed by atoms with E-state index >= 15 is 9.59 Å². The number of esters is 4. The molecule has 1 spiro atoms. The van der Waals surface area contributed by atoms with Gasteiger partial charge in [0.15, 0.2) is 0 Å². The van der Waals surface area contributed by atoms with E-state index in [0.717, 1.165) is 51.4 Å². The van der Waals surface area contributed by atoms with Crippen LogP contribution in [-0.4, -0.2) is 83.8 Å². The van der Waals surface area contributed by atoms with Crippen molar-refractivity contribution in [1.82, 2.24) is 0 Å². The lowest BCUT2D eigenvalue weighted by Gasteiger charge is -2.61. The van der Waals surface area contributed by atoms with Gasteiger partial charge in [-0.05, 0) is 172 Å². The van der Waals surface area contributed by atoms with Crippen molar-refractivity contribution in [2.24, 2.45) is 73.9 Å². The van der Waals surface area contributed by atoms with Crippen molar-refractivity contribution in [2.45, 2.75) is 192 Å². The van der Waals surface area contributed by atoms with Gasteiger partial charge in [-0.25, -0.2) is 0 Å². The molecule has 0 aromatic rings. The lowest BCUT2D eigenvalue weighted by molar-refractivity contribution is -0.255. The number of aliphatic carboxylic acids is 1. The smallest absolute Gasteiger partial charge is 0.312 e. The van der Waals surface area contributed by atoms with Crippen LogP contribution in [0.25, 0.3) is 0 Å². The zero-order chi connectivity index (χ0) is 45.1. The van der Waals surface area contributed by atoms with Gasteiger partial charge >= 0.3 is 29.8 Å². The van der Waals surface area contributed by atoms with Crippen molar-refractivity contribution in [3.05, 3.63) is 0 Å². The predicted octanol–water partition coefficient (Wildman–Crippen LogP) is 8.54. The van der Waals surface area contributed by atoms with Crippen LogP contribution < -0.4 is 0 Å². The van der Waals surface area contributed by atoms with Gasteiger partial charge in [0.25, 0.3) is 0 Å². The van der Waals surface area contributed by atoms with Crippen molar-refractivity contribution in [2.75, 3.05) is 26.4 Å². The molecule has 2 heterocycles. The zero-order valence-corrected chi connectivity index (χ0v) is 39.4. The number of carbonyl (C=O) groups excluding carboxylic acids is 4. The summed E-state index contributed by atoms with van der Waals surface area (Å²) in [6.45, 7) is 14.1. The van der Waals surface area contributed by atoms with Gasteiger partial charge in [0.2, 0.25) is 0 Å². The summed E-state index contributed by atoms with van der Waals surface area (Å²) >= 11 is 0. The van der Waals surface area contributed by atoms with Crippen LogP contribution in [0.4, 0.5) is 0 Å². The number of cyclic esters (lactones) is 1. The molecule has 14 rings (SSSR count). The molecule has 12 aliphatic carbocycles. The molecular formula is C52H74O12. The Morgan fingerprint density at radius 2 is 1.19 bits per heavy atom. The van der Waals surface area contributed by atoms with Crippen molar-refractivity contribution in [3.8, 4) is 0 Å². The minimum atomic E-state index is -1.33. The molecule has 12 saturated carbocycles. The summed E-state index contributed by atoms with van der Waals surface area (Å²) in [5.74, 6) is -0.239. The summed E-state index contributed by atoms with van der Waals surface area (Å²) in [5.41, 5.74) is -7.74. The van der Waals surface area contributed by atoms with E-state index in [0.29, 0.717) is 102 Å². The molecule has 12 nitrogen and oxygen atoms in total. The zero-order valence-electron chi connectivity index (χ0n) is 39.4. The van der Waals surface area contributed by atoms with Crippen LogP contribution in [0.2, 0.25) is 0 Å². The minimum Gasteiger partial charge on any atom is -0.481 e. The molecule has 14 aliphatic rings. The quantitative estimate of drug-likeness (QED) is 0.124. The average molecular weight is 891 g/mol. The Hall–Kier alpha value is -2.73. The lowest BCUT2D eigenvalue weighted by Crippen LogP contribution is -2.63. The fourth-order valence-electron chi connectivity index (χ4n) is 18.4. The summed E-state index contributed by atoms with van der Waals surface area (Å²) in [5, 5.41) is 10.4. The second kappa shape index (κ2) is 13.9. The second-order valence-corrected chi connectivity index (χ2v) is 26.7. The Labute approximate surface area is 379 Å². The number of ether oxygens (including phenoxy) is 6. The van der Waals surface area contributed by atoms with E-state index < -0.39 is 61.8 Å². The summed E-state index contributed by atoms with van der Waals surface area (Å²) in [6, 6.07) is 0. The van der Waals surface area contributed by atoms with Crippen molar-refractivity contribution < 1.29 is 57.5 Å². The molecule has 0 aromatic carbocycles. The van der Waals surface area contributed by atoms with Crippen LogP contribution in [0.5, 0.6) is 0 Å². The fourth-order valence-corrected chi connectivity index (χ4v) is 18.4. The Balaban J connectivity index is 0.870. The maximum atomic E-state index is 15.5. The molecule has 2 saturated heterocycles. The van der Waals surface area contributed by atoms with Crippen LogP contribution >= 0.6 is 0 Å². The number of carbonyl (C=O) groups is 5. The van der Waals surface area contributed by atoms with E-state index in [1.165, 1.54) is 0 Å². The van der Waals surface area contributed by atoms with Crippen molar-refractivity contribution >= 4 is 29.8 Å². The third-order valence-electron chi connectivity index (χ3n) is 20.2. The van der Waals surface area contributed by atoms with E-state index in [-0.39, 0.29) is 65.4 Å². The molecule has 11 unspecified atom stereocenters. The van der Waals surface area contributed by atoms with E-state index in [1.807, 2.05) is 34.6 Å². The summed E-state index contributed by atoms with van der Waals surface area (Å²) < 4.78 is 38.6. The molecule has 12 heteroatoms. The van der Waals surface area contributed by atoms with E-state index in [1.54, 1.807) is 0 Å². The van der Waals surface area contributed by atoms with Gasteiger partial charge in [-0.3, -0.25) is 24.0 Å². The van der Waals surface area contributed by atoms with Gasteiger partial charge in [0, 0.05) is 30.6 Å². The maximum absolute atomic E-state index is 15.5. The van der Waals surface area contributed by atoms with Crippen LogP contribution in [0.3, 0.4) is 0 Å². The molecule has 2 aliphatic heterocycles. The standard InChI is InChI=1S/C52H74O12/c1-7-45(5,40(56)63-50-17-33-9-34(18-50)14-48(13-33,26-50)61-30-44(4)28-59-29-44)24-46(6,41(57)64-51-19-35-10-36(21-51)37-22-60-42(58)52(37,20-35)27-51)23-43(2,3)39(55)62-49-15-31-8-32(16-49)12-47(11-31,25-49)38(53)54/h31-37H,7-30H2,1-6H3,(H,53,54). The number of hydrogen-bond acceptors (Lipinski definition) is 11. The van der Waals surface area contributed by atoms with Gasteiger partial charge in [-0.2, -0.15) is 0 Å². The second-order valence-electron chi connectivity index (χ2n) is 26.7. The van der Waals surface area contributed by atoms with Gasteiger partial charge in [0.1, 0.15) is 16.8 Å². The molecule has 11 atom stereocenters. The van der Waals surface area contributed by atoms with E-state index in [2.05, 4.69) is 6.92 Å². The van der Waals surface area contributed by atoms with E-state index in [4.69, 9.17) is 28.4 Å². The average Bonchev–Trinajstić information content (AvgIpc) is 3.48. The molecule has 0 radical (unpaired) electrons. The topological polar surface area (TPSA) is 161 Å². The molecule has 64 heavy (non-hydrogen) atoms. The first-order valence-electron chi connectivity index (χ1n) is 25.3. The highest BCUT2D eigenvalue weighted by atomic mass is 16.6. The Bertz CT molecular complexity index is 1990. The highest BCUT2D eigenvalue weighted by Gasteiger charge is 2.71. The van der Waals surface area contributed by atoms with E-state index in [9.17, 15) is 19.5 Å². The normalized spacial score (nSPS) is 46.7. The van der Waals surface area contributed by atoms with Gasteiger partial charge in [-0.1, -0.05) is 13.8 Å². The Morgan fingerprint density at radius 1 is 0.656 bits per heavy atom. The minimum absolute atomic E-state index is 0.0149. The Kier molecular flexibility index (Phi) is 9.54. The first-order valence-corrected chi connectivity index (χ1v) is 25.3.